The molecule has 0 saturated carbocycles. The van der Waals surface area contributed by atoms with E-state index in [1.165, 1.54) is 54.8 Å². The summed E-state index contributed by atoms with van der Waals surface area (Å²) in [6.07, 6.45) is 0. The summed E-state index contributed by atoms with van der Waals surface area (Å²) in [5.74, 6) is 0. The summed E-state index contributed by atoms with van der Waals surface area (Å²) >= 11 is 0. The third kappa shape index (κ3) is 6.40. The highest BCUT2D eigenvalue weighted by atomic mass is 15.2. The largest absolute Gasteiger partial charge is 0.310 e. The Morgan fingerprint density at radius 1 is 0.258 bits per heavy atom. The van der Waals surface area contributed by atoms with Crippen molar-refractivity contribution in [2.75, 3.05) is 9.80 Å². The molecule has 11 aromatic rings. The van der Waals surface area contributed by atoms with Crippen molar-refractivity contribution < 1.29 is 0 Å². The summed E-state index contributed by atoms with van der Waals surface area (Å²) in [6.45, 7) is 8.57. The molecule has 4 nitrogen and oxygen atoms in total. The highest BCUT2D eigenvalue weighted by Crippen LogP contribution is 2.44. The summed E-state index contributed by atoms with van der Waals surface area (Å²) in [4.78, 5) is 4.74. The molecule has 0 unspecified atom stereocenters. The number of hydrogen-bond acceptors (Lipinski definition) is 2. The molecule has 0 amide bonds. The van der Waals surface area contributed by atoms with E-state index in [0.29, 0.717) is 0 Å². The van der Waals surface area contributed by atoms with Crippen molar-refractivity contribution in [1.29, 1.82) is 0 Å². The highest BCUT2D eigenvalue weighted by Gasteiger charge is 2.22. The molecule has 4 heteroatoms. The van der Waals surface area contributed by atoms with Crippen molar-refractivity contribution in [1.82, 2.24) is 9.13 Å². The van der Waals surface area contributed by atoms with E-state index >= 15 is 0 Å². The molecule has 0 N–H and O–H groups in total. The van der Waals surface area contributed by atoms with Crippen LogP contribution in [0.25, 0.3) is 55.0 Å². The molecule has 0 radical (unpaired) electrons. The molecule has 2 aromatic heterocycles. The van der Waals surface area contributed by atoms with Gasteiger partial charge in [-0.25, -0.2) is 0 Å². The fourth-order valence-corrected chi connectivity index (χ4v) is 9.16. The number of para-hydroxylation sites is 2. The molecule has 0 saturated heterocycles. The van der Waals surface area contributed by atoms with Crippen molar-refractivity contribution in [3.05, 3.63) is 229 Å². The fourth-order valence-electron chi connectivity index (χ4n) is 9.16. The number of anilines is 6. The van der Waals surface area contributed by atoms with E-state index in [9.17, 15) is 0 Å². The minimum atomic E-state index is 1.10. The standard InChI is InChI=1S/C58H46N4/c1-39-15-23-45(24-16-39)59(46-25-17-40(2)18-26-46)49-31-33-51-53-37-58-54(38-57(53)61(55(51)35-49)43-11-7-5-8-12-43)52-34-32-50(36-56(52)62(58)44-13-9-6-10-14-44)60(47-27-19-41(3)20-28-47)48-29-21-42(4)22-30-48/h5-38H,1-4H3. The number of rotatable bonds is 8. The molecule has 0 fully saturated rings. The number of fused-ring (bicyclic) bond motifs is 6. The monoisotopic (exact) mass is 798 g/mol. The SMILES string of the molecule is Cc1ccc(N(c2ccc(C)cc2)c2ccc3c4cc5c(cc4n(-c4ccccc4)c3c2)c2ccc(N(c3ccc(C)cc3)c3ccc(C)cc3)cc2n5-c2ccccc2)cc1. The molecule has 2 heterocycles. The lowest BCUT2D eigenvalue weighted by Gasteiger charge is -2.26. The zero-order valence-electron chi connectivity index (χ0n) is 35.4. The van der Waals surface area contributed by atoms with Crippen LogP contribution < -0.4 is 9.80 Å². The Labute approximate surface area is 362 Å². The average Bonchev–Trinajstić information content (AvgIpc) is 3.80. The summed E-state index contributed by atoms with van der Waals surface area (Å²) < 4.78 is 4.90. The summed E-state index contributed by atoms with van der Waals surface area (Å²) in [7, 11) is 0. The number of aromatic nitrogens is 2. The van der Waals surface area contributed by atoms with Gasteiger partial charge in [0, 0.05) is 67.0 Å². The summed E-state index contributed by atoms with van der Waals surface area (Å²) in [5, 5.41) is 4.83. The van der Waals surface area contributed by atoms with Crippen LogP contribution in [0.5, 0.6) is 0 Å². The van der Waals surface area contributed by atoms with Gasteiger partial charge in [-0.15, -0.1) is 0 Å². The van der Waals surface area contributed by atoms with Crippen LogP contribution in [0, 0.1) is 27.7 Å². The minimum absolute atomic E-state index is 1.10. The topological polar surface area (TPSA) is 16.3 Å². The van der Waals surface area contributed by atoms with Crippen LogP contribution >= 0.6 is 0 Å². The van der Waals surface area contributed by atoms with Gasteiger partial charge in [-0.3, -0.25) is 0 Å². The maximum atomic E-state index is 2.45. The van der Waals surface area contributed by atoms with Gasteiger partial charge < -0.3 is 18.9 Å². The predicted octanol–water partition coefficient (Wildman–Crippen LogP) is 16.1. The first kappa shape index (κ1) is 37.2. The van der Waals surface area contributed by atoms with Gasteiger partial charge in [0.05, 0.1) is 22.1 Å². The molecule has 0 aliphatic carbocycles. The van der Waals surface area contributed by atoms with Gasteiger partial charge in [0.15, 0.2) is 0 Å². The van der Waals surface area contributed by atoms with E-state index in [1.807, 2.05) is 0 Å². The lowest BCUT2D eigenvalue weighted by molar-refractivity contribution is 1.17. The van der Waals surface area contributed by atoms with E-state index in [1.54, 1.807) is 0 Å². The zero-order valence-corrected chi connectivity index (χ0v) is 35.4. The van der Waals surface area contributed by atoms with Crippen molar-refractivity contribution in [2.24, 2.45) is 0 Å². The number of nitrogens with zero attached hydrogens (tertiary/aromatic N) is 4. The quantitative estimate of drug-likeness (QED) is 0.152. The fraction of sp³-hybridized carbons (Fsp3) is 0.0690. The van der Waals surface area contributed by atoms with Gasteiger partial charge in [-0.2, -0.15) is 0 Å². The molecule has 298 valence electrons. The Kier molecular flexibility index (Phi) is 9.01. The van der Waals surface area contributed by atoms with Crippen molar-refractivity contribution in [2.45, 2.75) is 27.7 Å². The Bertz CT molecular complexity index is 3070. The molecule has 11 rings (SSSR count). The second kappa shape index (κ2) is 15.0. The van der Waals surface area contributed by atoms with Crippen LogP contribution in [-0.2, 0) is 0 Å². The highest BCUT2D eigenvalue weighted by molar-refractivity contribution is 6.19. The normalized spacial score (nSPS) is 11.5. The van der Waals surface area contributed by atoms with Gasteiger partial charge in [0.1, 0.15) is 0 Å². The number of hydrogen-bond donors (Lipinski definition) is 0. The molecule has 9 aromatic carbocycles. The van der Waals surface area contributed by atoms with Crippen LogP contribution in [0.2, 0.25) is 0 Å². The molecule has 0 aliphatic heterocycles. The second-order valence-corrected chi connectivity index (χ2v) is 16.6. The van der Waals surface area contributed by atoms with E-state index in [2.05, 4.69) is 253 Å². The molecule has 0 aliphatic rings. The third-order valence-electron chi connectivity index (χ3n) is 12.3. The van der Waals surface area contributed by atoms with E-state index in [4.69, 9.17) is 0 Å². The molecular weight excluding hydrogens is 753 g/mol. The maximum absolute atomic E-state index is 2.45. The van der Waals surface area contributed by atoms with Crippen LogP contribution in [0.4, 0.5) is 34.1 Å². The second-order valence-electron chi connectivity index (χ2n) is 16.6. The van der Waals surface area contributed by atoms with Gasteiger partial charge >= 0.3 is 0 Å². The number of benzene rings is 9. The van der Waals surface area contributed by atoms with E-state index < -0.39 is 0 Å². The number of aryl methyl sites for hydroxylation is 4. The first-order valence-electron chi connectivity index (χ1n) is 21.4. The smallest absolute Gasteiger partial charge is 0.0561 e. The zero-order chi connectivity index (χ0) is 41.9. The Morgan fingerprint density at radius 2 is 0.532 bits per heavy atom. The Morgan fingerprint density at radius 3 is 0.839 bits per heavy atom. The van der Waals surface area contributed by atoms with Crippen molar-refractivity contribution in [3.8, 4) is 11.4 Å². The third-order valence-corrected chi connectivity index (χ3v) is 12.3. The Balaban J connectivity index is 1.18. The van der Waals surface area contributed by atoms with E-state index in [-0.39, 0.29) is 0 Å². The van der Waals surface area contributed by atoms with Gasteiger partial charge in [-0.1, -0.05) is 119 Å². The van der Waals surface area contributed by atoms with Gasteiger partial charge in [0.25, 0.3) is 0 Å². The lowest BCUT2D eigenvalue weighted by atomic mass is 10.1. The van der Waals surface area contributed by atoms with Gasteiger partial charge in [-0.05, 0) is 137 Å². The first-order chi connectivity index (χ1) is 30.4. The van der Waals surface area contributed by atoms with Crippen LogP contribution in [0.1, 0.15) is 22.3 Å². The minimum Gasteiger partial charge on any atom is -0.310 e. The lowest BCUT2D eigenvalue weighted by Crippen LogP contribution is -2.10. The predicted molar refractivity (Wildman–Crippen MR) is 263 cm³/mol. The van der Waals surface area contributed by atoms with Gasteiger partial charge in [0.2, 0.25) is 0 Å². The van der Waals surface area contributed by atoms with Crippen molar-refractivity contribution >= 4 is 77.7 Å². The first-order valence-corrected chi connectivity index (χ1v) is 21.4. The molecule has 62 heavy (non-hydrogen) atoms. The summed E-state index contributed by atoms with van der Waals surface area (Å²) in [6, 6.07) is 75.7. The Hall–Kier alpha value is -7.82. The molecular formula is C58H46N4. The molecule has 0 bridgehead atoms. The summed E-state index contributed by atoms with van der Waals surface area (Å²) in [5.41, 5.74) is 18.6. The van der Waals surface area contributed by atoms with E-state index in [0.717, 1.165) is 56.5 Å². The average molecular weight is 799 g/mol. The molecule has 0 atom stereocenters. The van der Waals surface area contributed by atoms with Crippen LogP contribution in [0.15, 0.2) is 206 Å². The molecule has 0 spiro atoms. The van der Waals surface area contributed by atoms with Crippen molar-refractivity contribution in [3.63, 3.8) is 0 Å². The van der Waals surface area contributed by atoms with Crippen LogP contribution in [-0.4, -0.2) is 9.13 Å². The van der Waals surface area contributed by atoms with Crippen LogP contribution in [0.3, 0.4) is 0 Å². The maximum Gasteiger partial charge on any atom is 0.0561 e.